The van der Waals surface area contributed by atoms with Crippen LogP contribution in [-0.2, 0) is 16.1 Å². The van der Waals surface area contributed by atoms with Crippen LogP contribution in [0.2, 0.25) is 0 Å². The smallest absolute Gasteiger partial charge is 0.240 e. The fourth-order valence-corrected chi connectivity index (χ4v) is 7.53. The minimum Gasteiger partial charge on any atom is -0.350 e. The Hall–Kier alpha value is -4.21. The van der Waals surface area contributed by atoms with Crippen LogP contribution in [-0.4, -0.2) is 38.9 Å². The third-order valence-electron chi connectivity index (χ3n) is 7.16. The van der Waals surface area contributed by atoms with Crippen LogP contribution >= 0.6 is 23.1 Å². The molecular weight excluding hydrogens is 551 g/mol. The zero-order valence-electron chi connectivity index (χ0n) is 22.8. The Balaban J connectivity index is 1.52. The van der Waals surface area contributed by atoms with Gasteiger partial charge in [-0.15, -0.1) is 23.1 Å². The Bertz CT molecular complexity index is 1700. The molecule has 1 unspecified atom stereocenters. The van der Waals surface area contributed by atoms with Crippen LogP contribution in [0.1, 0.15) is 32.4 Å². The van der Waals surface area contributed by atoms with E-state index < -0.39 is 0 Å². The second-order valence-corrected chi connectivity index (χ2v) is 12.0. The van der Waals surface area contributed by atoms with E-state index in [0.717, 1.165) is 33.6 Å². The number of aromatic nitrogens is 3. The van der Waals surface area contributed by atoms with Crippen LogP contribution in [0.15, 0.2) is 90.6 Å². The number of thioether (sulfide) groups is 1. The van der Waals surface area contributed by atoms with E-state index in [4.69, 9.17) is 5.10 Å². The van der Waals surface area contributed by atoms with E-state index in [-0.39, 0.29) is 29.4 Å². The quantitative estimate of drug-likeness (QED) is 0.252. The molecule has 0 radical (unpaired) electrons. The zero-order valence-corrected chi connectivity index (χ0v) is 24.4. The van der Waals surface area contributed by atoms with E-state index >= 15 is 0 Å². The van der Waals surface area contributed by atoms with Crippen molar-refractivity contribution >= 4 is 40.7 Å². The second-order valence-electron chi connectivity index (χ2n) is 9.92. The summed E-state index contributed by atoms with van der Waals surface area (Å²) in [5.41, 5.74) is 6.73. The van der Waals surface area contributed by atoms with Crippen molar-refractivity contribution in [2.24, 2.45) is 0 Å². The van der Waals surface area contributed by atoms with Gasteiger partial charge in [0.25, 0.3) is 0 Å². The van der Waals surface area contributed by atoms with Gasteiger partial charge in [0.05, 0.1) is 22.4 Å². The number of benzene rings is 2. The molecule has 1 aliphatic rings. The maximum Gasteiger partial charge on any atom is 0.240 e. The van der Waals surface area contributed by atoms with Crippen molar-refractivity contribution in [3.8, 4) is 16.9 Å². The van der Waals surface area contributed by atoms with Crippen molar-refractivity contribution in [3.63, 3.8) is 0 Å². The van der Waals surface area contributed by atoms with Crippen LogP contribution < -0.4 is 10.2 Å². The van der Waals surface area contributed by atoms with Gasteiger partial charge >= 0.3 is 0 Å². The highest BCUT2D eigenvalue weighted by atomic mass is 32.2. The number of rotatable bonds is 7. The largest absolute Gasteiger partial charge is 0.350 e. The number of carbonyl (C=O) groups excluding carboxylic acids is 2. The molecule has 1 aliphatic heterocycles. The fraction of sp³-hybridized carbons (Fsp3) is 0.188. The molecule has 5 aromatic rings. The van der Waals surface area contributed by atoms with Crippen molar-refractivity contribution in [2.45, 2.75) is 25.6 Å². The topological polar surface area (TPSA) is 80.1 Å². The molecule has 2 amide bonds. The minimum absolute atomic E-state index is 0.112. The van der Waals surface area contributed by atoms with E-state index in [1.807, 2.05) is 78.3 Å². The van der Waals surface area contributed by atoms with Gasteiger partial charge in [-0.3, -0.25) is 19.5 Å². The number of aryl methyl sites for hydroxylation is 2. The molecule has 0 fully saturated rings. The van der Waals surface area contributed by atoms with E-state index in [1.165, 1.54) is 10.4 Å². The Morgan fingerprint density at radius 1 is 0.976 bits per heavy atom. The summed E-state index contributed by atoms with van der Waals surface area (Å²) in [4.78, 5) is 34.1. The summed E-state index contributed by atoms with van der Waals surface area (Å²) in [5, 5.41) is 10.1. The molecule has 6 rings (SSSR count). The highest BCUT2D eigenvalue weighted by Gasteiger charge is 2.38. The van der Waals surface area contributed by atoms with E-state index in [0.29, 0.717) is 12.4 Å². The van der Waals surface area contributed by atoms with Gasteiger partial charge in [0, 0.05) is 34.9 Å². The van der Waals surface area contributed by atoms with Gasteiger partial charge in [-0.05, 0) is 60.2 Å². The monoisotopic (exact) mass is 579 g/mol. The molecule has 206 valence electrons. The Morgan fingerprint density at radius 2 is 1.73 bits per heavy atom. The molecule has 0 bridgehead atoms. The van der Waals surface area contributed by atoms with E-state index in [2.05, 4.69) is 28.7 Å². The normalized spacial score (nSPS) is 14.9. The van der Waals surface area contributed by atoms with E-state index in [9.17, 15) is 9.59 Å². The molecule has 2 aromatic carbocycles. The highest BCUT2D eigenvalue weighted by Crippen LogP contribution is 2.50. The van der Waals surface area contributed by atoms with Gasteiger partial charge in [-0.1, -0.05) is 48.5 Å². The lowest BCUT2D eigenvalue weighted by Crippen LogP contribution is -2.42. The number of nitrogens with one attached hydrogen (secondary N) is 1. The fourth-order valence-electron chi connectivity index (χ4n) is 5.06. The molecule has 1 N–H and O–H groups in total. The Kier molecular flexibility index (Phi) is 7.71. The second kappa shape index (κ2) is 11.7. The number of carbonyl (C=O) groups is 2. The molecule has 1 atom stereocenters. The molecule has 3 aromatic heterocycles. The van der Waals surface area contributed by atoms with E-state index in [1.54, 1.807) is 40.4 Å². The SMILES string of the molecule is Cc1ccccc1-n1nc(-c2ccccc2)c2c1N(CC(=O)NCc1ccncc1)C(=O)CSC2c1sccc1C. The predicted molar refractivity (Wildman–Crippen MR) is 166 cm³/mol. The van der Waals surface area contributed by atoms with Crippen molar-refractivity contribution in [2.75, 3.05) is 17.2 Å². The van der Waals surface area contributed by atoms with Crippen molar-refractivity contribution in [1.82, 2.24) is 20.1 Å². The van der Waals surface area contributed by atoms with Gasteiger partial charge in [0.15, 0.2) is 0 Å². The first-order valence-corrected chi connectivity index (χ1v) is 15.3. The molecule has 0 saturated heterocycles. The molecule has 7 nitrogen and oxygen atoms in total. The van der Waals surface area contributed by atoms with Crippen LogP contribution in [0.25, 0.3) is 16.9 Å². The number of fused-ring (bicyclic) bond motifs is 1. The highest BCUT2D eigenvalue weighted by molar-refractivity contribution is 8.00. The number of pyridine rings is 1. The first-order valence-electron chi connectivity index (χ1n) is 13.4. The number of amides is 2. The van der Waals surface area contributed by atoms with Gasteiger partial charge in [0.2, 0.25) is 11.8 Å². The Labute approximate surface area is 247 Å². The van der Waals surface area contributed by atoms with Gasteiger partial charge in [-0.25, -0.2) is 4.68 Å². The predicted octanol–water partition coefficient (Wildman–Crippen LogP) is 6.10. The van der Waals surface area contributed by atoms with Crippen molar-refractivity contribution in [1.29, 1.82) is 0 Å². The van der Waals surface area contributed by atoms with Gasteiger partial charge in [-0.2, -0.15) is 5.10 Å². The molecule has 4 heterocycles. The van der Waals surface area contributed by atoms with Crippen LogP contribution in [0.4, 0.5) is 5.82 Å². The number of nitrogens with zero attached hydrogens (tertiary/aromatic N) is 4. The number of anilines is 1. The lowest BCUT2D eigenvalue weighted by atomic mass is 10.0. The summed E-state index contributed by atoms with van der Waals surface area (Å²) in [7, 11) is 0. The first-order chi connectivity index (χ1) is 20.0. The standard InChI is InChI=1S/C32H29N5O2S2/c1-21-8-6-7-11-25(21)37-32-28(29(35-37)24-9-4-3-5-10-24)31(30-22(2)14-17-40-30)41-20-27(39)36(32)19-26(38)34-18-23-12-15-33-16-13-23/h3-17,31H,18-20H2,1-2H3,(H,34,38). The summed E-state index contributed by atoms with van der Waals surface area (Å²) >= 11 is 3.29. The number of hydrogen-bond acceptors (Lipinski definition) is 6. The number of para-hydroxylation sites is 1. The lowest BCUT2D eigenvalue weighted by molar-refractivity contribution is -0.123. The number of thiophene rings is 1. The average Bonchev–Trinajstić information content (AvgIpc) is 3.57. The molecular formula is C32H29N5O2S2. The van der Waals surface area contributed by atoms with Gasteiger partial charge in [0.1, 0.15) is 12.4 Å². The van der Waals surface area contributed by atoms with Crippen LogP contribution in [0.3, 0.4) is 0 Å². The summed E-state index contributed by atoms with van der Waals surface area (Å²) in [5.74, 6) is 0.526. The van der Waals surface area contributed by atoms with Crippen LogP contribution in [0, 0.1) is 13.8 Å². The maximum absolute atomic E-state index is 13.9. The zero-order chi connectivity index (χ0) is 28.3. The summed E-state index contributed by atoms with van der Waals surface area (Å²) in [6.07, 6.45) is 3.39. The average molecular weight is 580 g/mol. The Morgan fingerprint density at radius 3 is 2.46 bits per heavy atom. The minimum atomic E-state index is -0.240. The van der Waals surface area contributed by atoms with Gasteiger partial charge < -0.3 is 5.32 Å². The molecule has 0 aliphatic carbocycles. The molecule has 9 heteroatoms. The summed E-state index contributed by atoms with van der Waals surface area (Å²) < 4.78 is 1.86. The first kappa shape index (κ1) is 27.0. The van der Waals surface area contributed by atoms with Crippen molar-refractivity contribution < 1.29 is 9.59 Å². The molecule has 0 saturated carbocycles. The maximum atomic E-state index is 13.9. The number of hydrogen-bond donors (Lipinski definition) is 1. The van der Waals surface area contributed by atoms with Crippen LogP contribution in [0.5, 0.6) is 0 Å². The third kappa shape index (κ3) is 5.42. The van der Waals surface area contributed by atoms with Crippen molar-refractivity contribution in [3.05, 3.63) is 118 Å². The molecule has 41 heavy (non-hydrogen) atoms. The summed E-state index contributed by atoms with van der Waals surface area (Å²) in [6.45, 7) is 4.39. The molecule has 0 spiro atoms. The lowest BCUT2D eigenvalue weighted by Gasteiger charge is -2.23. The third-order valence-corrected chi connectivity index (χ3v) is 9.61. The summed E-state index contributed by atoms with van der Waals surface area (Å²) in [6, 6.07) is 23.9.